The van der Waals surface area contributed by atoms with Gasteiger partial charge < -0.3 is 5.32 Å². The first kappa shape index (κ1) is 21.1. The number of nitrogens with zero attached hydrogens (tertiary/aromatic N) is 3. The van der Waals surface area contributed by atoms with Crippen molar-refractivity contribution in [2.75, 3.05) is 15.8 Å². The van der Waals surface area contributed by atoms with Crippen molar-refractivity contribution in [2.45, 2.75) is 30.3 Å². The molecule has 0 atom stereocenters. The van der Waals surface area contributed by atoms with E-state index < -0.39 is 10.0 Å². The highest BCUT2D eigenvalue weighted by atomic mass is 32.2. The molecule has 0 amide bonds. The van der Waals surface area contributed by atoms with E-state index in [1.807, 2.05) is 56.3 Å². The first-order chi connectivity index (χ1) is 14.9. The highest BCUT2D eigenvalue weighted by Gasteiger charge is 2.12. The highest BCUT2D eigenvalue weighted by Crippen LogP contribution is 2.31. The summed E-state index contributed by atoms with van der Waals surface area (Å²) in [7, 11) is -3.31. The number of hydrogen-bond donors (Lipinski definition) is 3. The van der Waals surface area contributed by atoms with Crippen molar-refractivity contribution in [1.82, 2.24) is 20.2 Å². The van der Waals surface area contributed by atoms with Crippen LogP contribution in [0.2, 0.25) is 0 Å². The van der Waals surface area contributed by atoms with Crippen LogP contribution in [0.1, 0.15) is 19.0 Å². The van der Waals surface area contributed by atoms with Crippen LogP contribution in [0.25, 0.3) is 10.9 Å². The molecule has 0 aliphatic heterocycles. The third kappa shape index (κ3) is 5.33. The van der Waals surface area contributed by atoms with E-state index in [4.69, 9.17) is 0 Å². The number of sulfonamides is 1. The summed E-state index contributed by atoms with van der Waals surface area (Å²) in [6.45, 7) is 3.77. The van der Waals surface area contributed by atoms with Crippen molar-refractivity contribution in [3.63, 3.8) is 0 Å². The third-order valence-electron chi connectivity index (χ3n) is 4.34. The summed E-state index contributed by atoms with van der Waals surface area (Å²) in [5.74, 6) is 1.45. The fourth-order valence-corrected chi connectivity index (χ4v) is 4.89. The van der Waals surface area contributed by atoms with Gasteiger partial charge in [0.15, 0.2) is 11.0 Å². The molecule has 0 bridgehead atoms. The molecule has 4 aromatic rings. The summed E-state index contributed by atoms with van der Waals surface area (Å²) in [5, 5.41) is 11.9. The molecule has 3 N–H and O–H groups in total. The number of benzene rings is 2. The molecule has 160 valence electrons. The van der Waals surface area contributed by atoms with Gasteiger partial charge in [-0.25, -0.2) is 18.4 Å². The molecular formula is C21H22N6O2S2. The number of aromatic amines is 1. The number of rotatable bonds is 8. The predicted octanol–water partition coefficient (Wildman–Crippen LogP) is 4.71. The van der Waals surface area contributed by atoms with Crippen molar-refractivity contribution < 1.29 is 8.42 Å². The van der Waals surface area contributed by atoms with E-state index in [1.54, 1.807) is 12.1 Å². The van der Waals surface area contributed by atoms with Gasteiger partial charge in [0.2, 0.25) is 10.0 Å². The average Bonchev–Trinajstić information content (AvgIpc) is 3.14. The molecular weight excluding hydrogens is 432 g/mol. The zero-order valence-corrected chi connectivity index (χ0v) is 18.7. The van der Waals surface area contributed by atoms with Gasteiger partial charge in [-0.15, -0.1) is 0 Å². The van der Waals surface area contributed by atoms with Crippen molar-refractivity contribution in [3.8, 4) is 0 Å². The second-order valence-electron chi connectivity index (χ2n) is 6.98. The van der Waals surface area contributed by atoms with Gasteiger partial charge in [0.25, 0.3) is 0 Å². The standard InChI is InChI=1S/C21H22N6O2S2/c1-3-12-31(28,29)27-15-8-10-16(11-9-15)30-21-22-18-7-5-4-6-17(18)20(24-21)23-19-13-14(2)25-26-19/h4-11,13,27H,3,12H2,1-2H3,(H2,22,23,24,25,26). The lowest BCUT2D eigenvalue weighted by Gasteiger charge is -2.10. The number of H-pyrrole nitrogens is 1. The molecule has 2 aromatic heterocycles. The largest absolute Gasteiger partial charge is 0.323 e. The molecule has 8 nitrogen and oxygen atoms in total. The van der Waals surface area contributed by atoms with Crippen LogP contribution in [-0.2, 0) is 10.0 Å². The molecule has 2 heterocycles. The molecule has 4 rings (SSSR count). The Bertz CT molecular complexity index is 1300. The van der Waals surface area contributed by atoms with Crippen LogP contribution in [0.4, 0.5) is 17.3 Å². The van der Waals surface area contributed by atoms with Crippen LogP contribution in [0.15, 0.2) is 64.6 Å². The van der Waals surface area contributed by atoms with Gasteiger partial charge in [-0.3, -0.25) is 9.82 Å². The van der Waals surface area contributed by atoms with Crippen molar-refractivity contribution in [2.24, 2.45) is 0 Å². The summed E-state index contributed by atoms with van der Waals surface area (Å²) in [4.78, 5) is 10.2. The molecule has 0 spiro atoms. The second-order valence-corrected chi connectivity index (χ2v) is 9.86. The van der Waals surface area contributed by atoms with E-state index in [2.05, 4.69) is 30.2 Å². The minimum absolute atomic E-state index is 0.0970. The smallest absolute Gasteiger partial charge is 0.232 e. The van der Waals surface area contributed by atoms with Crippen LogP contribution >= 0.6 is 11.8 Å². The molecule has 0 radical (unpaired) electrons. The van der Waals surface area contributed by atoms with Gasteiger partial charge in [0.05, 0.1) is 11.3 Å². The molecule has 0 aliphatic rings. The Balaban J connectivity index is 1.58. The van der Waals surface area contributed by atoms with Crippen LogP contribution in [0, 0.1) is 6.92 Å². The SMILES string of the molecule is CCCS(=O)(=O)Nc1ccc(Sc2nc(Nc3cc(C)[nH]n3)c3ccccc3n2)cc1. The Morgan fingerprint density at radius 3 is 2.55 bits per heavy atom. The molecule has 10 heteroatoms. The predicted molar refractivity (Wildman–Crippen MR) is 124 cm³/mol. The summed E-state index contributed by atoms with van der Waals surface area (Å²) in [5.41, 5.74) is 2.30. The van der Waals surface area contributed by atoms with E-state index in [0.717, 1.165) is 21.5 Å². The van der Waals surface area contributed by atoms with Crippen molar-refractivity contribution in [3.05, 3.63) is 60.3 Å². The number of fused-ring (bicyclic) bond motifs is 1. The first-order valence-corrected chi connectivity index (χ1v) is 12.2. The Hall–Kier alpha value is -3.11. The number of para-hydroxylation sites is 1. The summed E-state index contributed by atoms with van der Waals surface area (Å²) >= 11 is 1.40. The molecule has 0 unspecified atom stereocenters. The number of hydrogen-bond acceptors (Lipinski definition) is 7. The van der Waals surface area contributed by atoms with Crippen molar-refractivity contribution >= 4 is 50.0 Å². The number of aromatic nitrogens is 4. The highest BCUT2D eigenvalue weighted by molar-refractivity contribution is 7.99. The molecule has 0 fully saturated rings. The van der Waals surface area contributed by atoms with E-state index in [0.29, 0.717) is 28.9 Å². The molecule has 0 saturated carbocycles. The summed E-state index contributed by atoms with van der Waals surface area (Å²) in [6, 6.07) is 16.8. The minimum atomic E-state index is -3.31. The molecule has 31 heavy (non-hydrogen) atoms. The van der Waals surface area contributed by atoms with Crippen LogP contribution in [0.3, 0.4) is 0 Å². The summed E-state index contributed by atoms with van der Waals surface area (Å²) < 4.78 is 26.5. The van der Waals surface area contributed by atoms with E-state index >= 15 is 0 Å². The van der Waals surface area contributed by atoms with Crippen LogP contribution < -0.4 is 10.0 Å². The Morgan fingerprint density at radius 2 is 1.84 bits per heavy atom. The zero-order chi connectivity index (χ0) is 21.8. The lowest BCUT2D eigenvalue weighted by molar-refractivity contribution is 0.600. The fourth-order valence-electron chi connectivity index (χ4n) is 3.00. The zero-order valence-electron chi connectivity index (χ0n) is 17.1. The quantitative estimate of drug-likeness (QED) is 0.331. The summed E-state index contributed by atoms with van der Waals surface area (Å²) in [6.07, 6.45) is 0.566. The lowest BCUT2D eigenvalue weighted by Crippen LogP contribution is -2.15. The van der Waals surface area contributed by atoms with Gasteiger partial charge >= 0.3 is 0 Å². The van der Waals surface area contributed by atoms with Gasteiger partial charge in [-0.05, 0) is 61.5 Å². The number of nitrogens with one attached hydrogen (secondary N) is 3. The maximum atomic E-state index is 11.9. The Kier molecular flexibility index (Phi) is 6.10. The van der Waals surface area contributed by atoms with E-state index in [9.17, 15) is 8.42 Å². The van der Waals surface area contributed by atoms with Crippen molar-refractivity contribution in [1.29, 1.82) is 0 Å². The Morgan fingerprint density at radius 1 is 1.06 bits per heavy atom. The topological polar surface area (TPSA) is 113 Å². The number of aryl methyl sites for hydroxylation is 1. The lowest BCUT2D eigenvalue weighted by atomic mass is 10.2. The van der Waals surface area contributed by atoms with Gasteiger partial charge in [0.1, 0.15) is 5.82 Å². The van der Waals surface area contributed by atoms with E-state index in [-0.39, 0.29) is 5.75 Å². The monoisotopic (exact) mass is 454 g/mol. The van der Waals surface area contributed by atoms with Gasteiger partial charge in [-0.2, -0.15) is 5.10 Å². The second kappa shape index (κ2) is 8.94. The normalized spacial score (nSPS) is 11.5. The number of anilines is 3. The van der Waals surface area contributed by atoms with E-state index in [1.165, 1.54) is 11.8 Å². The average molecular weight is 455 g/mol. The molecule has 0 aliphatic carbocycles. The first-order valence-electron chi connectivity index (χ1n) is 9.76. The van der Waals surface area contributed by atoms with Gasteiger partial charge in [-0.1, -0.05) is 19.1 Å². The van der Waals surface area contributed by atoms with Crippen LogP contribution in [-0.4, -0.2) is 34.3 Å². The van der Waals surface area contributed by atoms with Gasteiger partial charge in [0, 0.05) is 27.7 Å². The maximum absolute atomic E-state index is 11.9. The Labute approximate surface area is 185 Å². The molecule has 2 aromatic carbocycles. The van der Waals surface area contributed by atoms with Crippen LogP contribution in [0.5, 0.6) is 0 Å². The minimum Gasteiger partial charge on any atom is -0.323 e. The maximum Gasteiger partial charge on any atom is 0.232 e. The third-order valence-corrected chi connectivity index (χ3v) is 6.71. The molecule has 0 saturated heterocycles. The fraction of sp³-hybridized carbons (Fsp3) is 0.190.